The van der Waals surface area contributed by atoms with E-state index in [1.54, 1.807) is 13.0 Å². The lowest BCUT2D eigenvalue weighted by Gasteiger charge is -2.10. The van der Waals surface area contributed by atoms with Crippen LogP contribution in [0.1, 0.15) is 35.3 Å². The van der Waals surface area contributed by atoms with E-state index in [0.29, 0.717) is 5.69 Å². The van der Waals surface area contributed by atoms with Gasteiger partial charge in [-0.05, 0) is 31.9 Å². The molecule has 0 spiro atoms. The Morgan fingerprint density at radius 2 is 2.11 bits per heavy atom. The van der Waals surface area contributed by atoms with Gasteiger partial charge in [-0.1, -0.05) is 0 Å². The second-order valence-electron chi connectivity index (χ2n) is 4.74. The summed E-state index contributed by atoms with van der Waals surface area (Å²) in [6, 6.07) is 3.15. The lowest BCUT2D eigenvalue weighted by Crippen LogP contribution is -2.31. The van der Waals surface area contributed by atoms with Crippen molar-refractivity contribution in [3.63, 3.8) is 0 Å². The number of hydrogen-bond donors (Lipinski definition) is 2. The standard InChI is InChI=1S/C13H16N2O4/c1-8-2-5-10(13(18)19)12(17)15(8)7-6-11(16)14-9-3-4-9/h2,5,9H,3-4,6-7H2,1H3,(H,14,16)(H,18,19). The third-order valence-corrected chi connectivity index (χ3v) is 3.13. The van der Waals surface area contributed by atoms with Crippen LogP contribution < -0.4 is 10.9 Å². The molecule has 1 aliphatic carbocycles. The van der Waals surface area contributed by atoms with Gasteiger partial charge in [0.15, 0.2) is 0 Å². The fourth-order valence-corrected chi connectivity index (χ4v) is 1.85. The zero-order valence-corrected chi connectivity index (χ0v) is 10.7. The number of amides is 1. The number of carbonyl (C=O) groups excluding carboxylic acids is 1. The number of pyridine rings is 1. The fourth-order valence-electron chi connectivity index (χ4n) is 1.85. The van der Waals surface area contributed by atoms with Gasteiger partial charge in [-0.15, -0.1) is 0 Å². The van der Waals surface area contributed by atoms with Crippen LogP contribution in [0, 0.1) is 6.92 Å². The third kappa shape index (κ3) is 3.21. The summed E-state index contributed by atoms with van der Waals surface area (Å²) in [6.45, 7) is 1.91. The maximum Gasteiger partial charge on any atom is 0.341 e. The van der Waals surface area contributed by atoms with Crippen LogP contribution >= 0.6 is 0 Å². The summed E-state index contributed by atoms with van der Waals surface area (Å²) in [4.78, 5) is 34.4. The van der Waals surface area contributed by atoms with Gasteiger partial charge in [-0.2, -0.15) is 0 Å². The van der Waals surface area contributed by atoms with Gasteiger partial charge in [0, 0.05) is 24.7 Å². The van der Waals surface area contributed by atoms with Crippen LogP contribution in [0.15, 0.2) is 16.9 Å². The number of rotatable bonds is 5. The van der Waals surface area contributed by atoms with Crippen molar-refractivity contribution in [2.24, 2.45) is 0 Å². The highest BCUT2D eigenvalue weighted by atomic mass is 16.4. The average molecular weight is 264 g/mol. The number of carboxylic acid groups (broad SMARTS) is 1. The molecule has 1 saturated carbocycles. The first kappa shape index (κ1) is 13.3. The summed E-state index contributed by atoms with van der Waals surface area (Å²) >= 11 is 0. The van der Waals surface area contributed by atoms with Crippen LogP contribution in [0.3, 0.4) is 0 Å². The molecule has 0 radical (unpaired) electrons. The first-order valence-corrected chi connectivity index (χ1v) is 6.22. The van der Waals surface area contributed by atoms with Crippen molar-refractivity contribution in [1.82, 2.24) is 9.88 Å². The van der Waals surface area contributed by atoms with E-state index in [2.05, 4.69) is 5.32 Å². The molecular formula is C13H16N2O4. The van der Waals surface area contributed by atoms with Gasteiger partial charge >= 0.3 is 5.97 Å². The van der Waals surface area contributed by atoms with Crippen LogP contribution in [-0.2, 0) is 11.3 Å². The van der Waals surface area contributed by atoms with E-state index in [4.69, 9.17) is 5.11 Å². The van der Waals surface area contributed by atoms with Crippen molar-refractivity contribution >= 4 is 11.9 Å². The van der Waals surface area contributed by atoms with Crippen LogP contribution in [-0.4, -0.2) is 27.6 Å². The Bertz CT molecular complexity index is 572. The summed E-state index contributed by atoms with van der Waals surface area (Å²) in [5.41, 5.74) is -0.186. The summed E-state index contributed by atoms with van der Waals surface area (Å²) < 4.78 is 1.33. The summed E-state index contributed by atoms with van der Waals surface area (Å²) in [5, 5.41) is 11.7. The molecule has 6 heteroatoms. The lowest BCUT2D eigenvalue weighted by molar-refractivity contribution is -0.121. The van der Waals surface area contributed by atoms with Crippen molar-refractivity contribution in [2.45, 2.75) is 38.8 Å². The fraction of sp³-hybridized carbons (Fsp3) is 0.462. The zero-order valence-electron chi connectivity index (χ0n) is 10.7. The number of aryl methyl sites for hydroxylation is 1. The van der Waals surface area contributed by atoms with E-state index in [1.807, 2.05) is 0 Å². The topological polar surface area (TPSA) is 88.4 Å². The molecule has 1 heterocycles. The first-order chi connectivity index (χ1) is 8.99. The maximum absolute atomic E-state index is 11.9. The Labute approximate surface area is 110 Å². The molecule has 2 rings (SSSR count). The summed E-state index contributed by atoms with van der Waals surface area (Å²) in [6.07, 6.45) is 2.21. The van der Waals surface area contributed by atoms with Crippen molar-refractivity contribution in [2.75, 3.05) is 0 Å². The largest absolute Gasteiger partial charge is 0.477 e. The molecule has 1 amide bonds. The molecule has 0 atom stereocenters. The van der Waals surface area contributed by atoms with Gasteiger partial charge in [-0.25, -0.2) is 4.79 Å². The first-order valence-electron chi connectivity index (χ1n) is 6.22. The molecule has 1 aromatic heterocycles. The van der Waals surface area contributed by atoms with Crippen molar-refractivity contribution < 1.29 is 14.7 Å². The maximum atomic E-state index is 11.9. The minimum atomic E-state index is -1.25. The summed E-state index contributed by atoms with van der Waals surface area (Å²) in [5.74, 6) is -1.35. The van der Waals surface area contributed by atoms with Gasteiger partial charge in [0.1, 0.15) is 5.56 Å². The van der Waals surface area contributed by atoms with Crippen LogP contribution in [0.25, 0.3) is 0 Å². The van der Waals surface area contributed by atoms with Gasteiger partial charge in [-0.3, -0.25) is 9.59 Å². The molecule has 1 fully saturated rings. The molecule has 19 heavy (non-hydrogen) atoms. The van der Waals surface area contributed by atoms with Gasteiger partial charge in [0.2, 0.25) is 5.91 Å². The summed E-state index contributed by atoms with van der Waals surface area (Å²) in [7, 11) is 0. The Kier molecular flexibility index (Phi) is 3.69. The van der Waals surface area contributed by atoms with Gasteiger partial charge < -0.3 is 15.0 Å². The molecule has 1 aliphatic rings. The predicted molar refractivity (Wildman–Crippen MR) is 68.2 cm³/mol. The molecule has 0 aromatic carbocycles. The average Bonchev–Trinajstić information content (AvgIpc) is 3.12. The number of nitrogens with zero attached hydrogens (tertiary/aromatic N) is 1. The Morgan fingerprint density at radius 3 is 2.68 bits per heavy atom. The Hall–Kier alpha value is -2.11. The monoisotopic (exact) mass is 264 g/mol. The molecule has 0 unspecified atom stereocenters. The lowest BCUT2D eigenvalue weighted by atomic mass is 10.2. The minimum Gasteiger partial charge on any atom is -0.477 e. The smallest absolute Gasteiger partial charge is 0.341 e. The molecule has 6 nitrogen and oxygen atoms in total. The van der Waals surface area contributed by atoms with Gasteiger partial charge in [0.05, 0.1) is 0 Å². The molecule has 0 saturated heterocycles. The number of carbonyl (C=O) groups is 2. The number of nitrogens with one attached hydrogen (secondary N) is 1. The Morgan fingerprint density at radius 1 is 1.42 bits per heavy atom. The number of aromatic nitrogens is 1. The van der Waals surface area contributed by atoms with Crippen LogP contribution in [0.4, 0.5) is 0 Å². The van der Waals surface area contributed by atoms with E-state index in [-0.39, 0.29) is 30.5 Å². The normalized spacial score (nSPS) is 14.2. The number of carboxylic acids is 1. The second kappa shape index (κ2) is 5.26. The molecule has 0 bridgehead atoms. The molecule has 1 aromatic rings. The highest BCUT2D eigenvalue weighted by Crippen LogP contribution is 2.18. The zero-order chi connectivity index (χ0) is 14.0. The van der Waals surface area contributed by atoms with Gasteiger partial charge in [0.25, 0.3) is 5.56 Å². The molecule has 2 N–H and O–H groups in total. The molecule has 0 aliphatic heterocycles. The van der Waals surface area contributed by atoms with E-state index in [1.165, 1.54) is 10.6 Å². The third-order valence-electron chi connectivity index (χ3n) is 3.13. The van der Waals surface area contributed by atoms with E-state index in [0.717, 1.165) is 12.8 Å². The van der Waals surface area contributed by atoms with Crippen molar-refractivity contribution in [1.29, 1.82) is 0 Å². The van der Waals surface area contributed by atoms with E-state index in [9.17, 15) is 14.4 Å². The second-order valence-corrected chi connectivity index (χ2v) is 4.74. The highest BCUT2D eigenvalue weighted by Gasteiger charge is 2.23. The van der Waals surface area contributed by atoms with E-state index >= 15 is 0 Å². The van der Waals surface area contributed by atoms with Crippen LogP contribution in [0.2, 0.25) is 0 Å². The molecule has 102 valence electrons. The van der Waals surface area contributed by atoms with Crippen LogP contribution in [0.5, 0.6) is 0 Å². The Balaban J connectivity index is 2.10. The highest BCUT2D eigenvalue weighted by molar-refractivity contribution is 5.87. The number of hydrogen-bond acceptors (Lipinski definition) is 3. The molecular weight excluding hydrogens is 248 g/mol. The van der Waals surface area contributed by atoms with E-state index < -0.39 is 11.5 Å². The van der Waals surface area contributed by atoms with Crippen molar-refractivity contribution in [3.8, 4) is 0 Å². The van der Waals surface area contributed by atoms with Crippen molar-refractivity contribution in [3.05, 3.63) is 33.7 Å². The minimum absolute atomic E-state index is 0.102. The number of aromatic carboxylic acids is 1. The SMILES string of the molecule is Cc1ccc(C(=O)O)c(=O)n1CCC(=O)NC1CC1. The predicted octanol–water partition coefficient (Wildman–Crippen LogP) is 0.524. The quantitative estimate of drug-likeness (QED) is 0.811.